The van der Waals surface area contributed by atoms with Gasteiger partial charge in [0.25, 0.3) is 5.91 Å². The summed E-state index contributed by atoms with van der Waals surface area (Å²) in [5, 5.41) is 8.65. The van der Waals surface area contributed by atoms with Crippen LogP contribution in [0.25, 0.3) is 17.5 Å². The molecule has 2 aromatic rings. The molecule has 6 nitrogen and oxygen atoms in total. The molecule has 0 aliphatic carbocycles. The van der Waals surface area contributed by atoms with Crippen LogP contribution in [0.5, 0.6) is 0 Å². The summed E-state index contributed by atoms with van der Waals surface area (Å²) in [6, 6.07) is 4.95. The summed E-state index contributed by atoms with van der Waals surface area (Å²) in [5.74, 6) is -1.04. The van der Waals surface area contributed by atoms with Gasteiger partial charge in [0.2, 0.25) is 0 Å². The highest BCUT2D eigenvalue weighted by atomic mass is 32.2. The fourth-order valence-electron chi connectivity index (χ4n) is 2.93. The van der Waals surface area contributed by atoms with Gasteiger partial charge in [0.15, 0.2) is 5.76 Å². The Kier molecular flexibility index (Phi) is 7.16. The Labute approximate surface area is 185 Å². The number of alkyl halides is 3. The minimum atomic E-state index is -4.58. The van der Waals surface area contributed by atoms with E-state index < -0.39 is 17.7 Å². The third-order valence-corrected chi connectivity index (χ3v) is 5.77. The maximum absolute atomic E-state index is 13.2. The molecule has 0 unspecified atom stereocenters. The number of furan rings is 1. The molecule has 0 atom stereocenters. The number of nitrogens with zero attached hydrogens (tertiary/aromatic N) is 2. The molecule has 0 radical (unpaired) electrons. The number of thiocarbonyl (C=S) groups is 1. The van der Waals surface area contributed by atoms with Gasteiger partial charge in [0.1, 0.15) is 15.8 Å². The molecular weight excluding hydrogens is 453 g/mol. The minimum Gasteiger partial charge on any atom is -0.481 e. The Hall–Kier alpha value is -2.66. The summed E-state index contributed by atoms with van der Waals surface area (Å²) in [7, 11) is 0. The van der Waals surface area contributed by atoms with E-state index in [1.165, 1.54) is 35.4 Å². The van der Waals surface area contributed by atoms with Crippen LogP contribution in [0.2, 0.25) is 0 Å². The maximum Gasteiger partial charge on any atom is 0.418 e. The van der Waals surface area contributed by atoms with Crippen molar-refractivity contribution in [3.63, 3.8) is 0 Å². The first-order valence-corrected chi connectivity index (χ1v) is 10.5. The van der Waals surface area contributed by atoms with Crippen LogP contribution in [-0.4, -0.2) is 37.7 Å². The monoisotopic (exact) mass is 470 g/mol. The third-order valence-electron chi connectivity index (χ3n) is 4.39. The van der Waals surface area contributed by atoms with Crippen molar-refractivity contribution in [2.45, 2.75) is 31.9 Å². The average molecular weight is 470 g/mol. The van der Waals surface area contributed by atoms with Gasteiger partial charge in [-0.25, -0.2) is 0 Å². The van der Waals surface area contributed by atoms with E-state index in [2.05, 4.69) is 4.98 Å². The summed E-state index contributed by atoms with van der Waals surface area (Å²) in [6.45, 7) is 0.369. The van der Waals surface area contributed by atoms with Crippen LogP contribution >= 0.6 is 24.0 Å². The lowest BCUT2D eigenvalue weighted by molar-refractivity contribution is -0.138. The Morgan fingerprint density at radius 2 is 2.03 bits per heavy atom. The molecule has 1 aliphatic rings. The van der Waals surface area contributed by atoms with Crippen molar-refractivity contribution in [1.82, 2.24) is 9.88 Å². The van der Waals surface area contributed by atoms with Crippen molar-refractivity contribution in [2.75, 3.05) is 6.54 Å². The lowest BCUT2D eigenvalue weighted by Crippen LogP contribution is -2.29. The van der Waals surface area contributed by atoms with E-state index in [-0.39, 0.29) is 29.5 Å². The van der Waals surface area contributed by atoms with Gasteiger partial charge in [-0.05, 0) is 37.1 Å². The first-order chi connectivity index (χ1) is 14.7. The van der Waals surface area contributed by atoms with Crippen LogP contribution in [0.4, 0.5) is 13.2 Å². The van der Waals surface area contributed by atoms with E-state index in [1.54, 1.807) is 0 Å². The molecule has 31 heavy (non-hydrogen) atoms. The van der Waals surface area contributed by atoms with Gasteiger partial charge < -0.3 is 9.52 Å². The topological polar surface area (TPSA) is 83.6 Å². The third kappa shape index (κ3) is 5.73. The van der Waals surface area contributed by atoms with Gasteiger partial charge in [-0.15, -0.1) is 0 Å². The number of unbranched alkanes of at least 4 members (excludes halogenated alkanes) is 2. The first-order valence-electron chi connectivity index (χ1n) is 9.26. The number of rotatable bonds is 8. The fraction of sp³-hybridized carbons (Fsp3) is 0.300. The van der Waals surface area contributed by atoms with Crippen molar-refractivity contribution in [3.8, 4) is 11.5 Å². The lowest BCUT2D eigenvalue weighted by Gasteiger charge is -2.13. The second-order valence-corrected chi connectivity index (χ2v) is 8.31. The second kappa shape index (κ2) is 9.65. The molecular formula is C20H17F3N2O4S2. The van der Waals surface area contributed by atoms with E-state index >= 15 is 0 Å². The Morgan fingerprint density at radius 1 is 1.26 bits per heavy atom. The summed E-state index contributed by atoms with van der Waals surface area (Å²) >= 11 is 6.31. The number of pyridine rings is 1. The van der Waals surface area contributed by atoms with E-state index in [1.807, 2.05) is 0 Å². The van der Waals surface area contributed by atoms with Gasteiger partial charge in [0, 0.05) is 25.2 Å². The molecule has 0 aromatic carbocycles. The van der Waals surface area contributed by atoms with E-state index in [0.29, 0.717) is 35.0 Å². The zero-order valence-corrected chi connectivity index (χ0v) is 17.6. The Bertz CT molecular complexity index is 1030. The van der Waals surface area contributed by atoms with E-state index in [0.717, 1.165) is 17.8 Å². The van der Waals surface area contributed by atoms with Crippen molar-refractivity contribution >= 4 is 46.3 Å². The number of carbonyl (C=O) groups excluding carboxylic acids is 1. The zero-order chi connectivity index (χ0) is 22.6. The van der Waals surface area contributed by atoms with Crippen molar-refractivity contribution in [2.24, 2.45) is 0 Å². The molecule has 2 aromatic heterocycles. The number of aliphatic carboxylic acids is 1. The number of carboxylic acid groups (broad SMARTS) is 1. The zero-order valence-electron chi connectivity index (χ0n) is 16.0. The number of aromatic nitrogens is 1. The number of halogens is 3. The number of hydrogen-bond donors (Lipinski definition) is 1. The highest BCUT2D eigenvalue weighted by molar-refractivity contribution is 8.26. The molecule has 3 rings (SSSR count). The summed E-state index contributed by atoms with van der Waals surface area (Å²) < 4.78 is 45.5. The van der Waals surface area contributed by atoms with Crippen LogP contribution in [0, 0.1) is 0 Å². The number of hydrogen-bond acceptors (Lipinski definition) is 6. The molecule has 0 bridgehead atoms. The second-order valence-electron chi connectivity index (χ2n) is 6.64. The van der Waals surface area contributed by atoms with Crippen LogP contribution in [-0.2, 0) is 15.8 Å². The molecule has 164 valence electrons. The van der Waals surface area contributed by atoms with Gasteiger partial charge in [-0.3, -0.25) is 19.5 Å². The molecule has 1 fully saturated rings. The first kappa shape index (κ1) is 23.0. The van der Waals surface area contributed by atoms with E-state index in [9.17, 15) is 22.8 Å². The van der Waals surface area contributed by atoms with Crippen molar-refractivity contribution in [1.29, 1.82) is 0 Å². The van der Waals surface area contributed by atoms with E-state index in [4.69, 9.17) is 21.7 Å². The van der Waals surface area contributed by atoms with Gasteiger partial charge >= 0.3 is 12.1 Å². The maximum atomic E-state index is 13.2. The van der Waals surface area contributed by atoms with Gasteiger partial charge in [-0.1, -0.05) is 30.4 Å². The number of carbonyl (C=O) groups is 2. The Morgan fingerprint density at radius 3 is 2.74 bits per heavy atom. The predicted octanol–water partition coefficient (Wildman–Crippen LogP) is 5.21. The minimum absolute atomic E-state index is 0.0620. The number of carboxylic acids is 1. The summed E-state index contributed by atoms with van der Waals surface area (Å²) in [5.41, 5.74) is -1.24. The van der Waals surface area contributed by atoms with Crippen LogP contribution in [0.15, 0.2) is 39.8 Å². The highest BCUT2D eigenvalue weighted by Gasteiger charge is 2.35. The molecule has 11 heteroatoms. The molecule has 0 spiro atoms. The largest absolute Gasteiger partial charge is 0.481 e. The molecule has 1 aliphatic heterocycles. The van der Waals surface area contributed by atoms with Crippen LogP contribution in [0.3, 0.4) is 0 Å². The molecule has 1 amide bonds. The molecule has 3 heterocycles. The van der Waals surface area contributed by atoms with Gasteiger partial charge in [0.05, 0.1) is 10.5 Å². The standard InChI is InChI=1S/C20H17F3N2O4S2/c21-20(22,23)13-5-4-9-24-17(13)14-8-7-12(29-14)11-15-18(28)25(19(30)31-15)10-3-1-2-6-16(26)27/h4-5,7-9,11H,1-3,6,10H2,(H,26,27)/b15-11-. The highest BCUT2D eigenvalue weighted by Crippen LogP contribution is 2.37. The smallest absolute Gasteiger partial charge is 0.418 e. The summed E-state index contributed by atoms with van der Waals surface area (Å²) in [6.07, 6.45) is -0.0530. The average Bonchev–Trinajstić information content (AvgIpc) is 3.26. The summed E-state index contributed by atoms with van der Waals surface area (Å²) in [4.78, 5) is 28.7. The van der Waals surface area contributed by atoms with Crippen molar-refractivity contribution in [3.05, 3.63) is 46.7 Å². The molecule has 1 N–H and O–H groups in total. The lowest BCUT2D eigenvalue weighted by atomic mass is 10.1. The number of amides is 1. The Balaban J connectivity index is 1.70. The number of thioether (sulfide) groups is 1. The fourth-order valence-corrected chi connectivity index (χ4v) is 4.22. The molecule has 0 saturated carbocycles. The SMILES string of the molecule is O=C(O)CCCCCN1C(=O)/C(=C/c2ccc(-c3ncccc3C(F)(F)F)o2)SC1=S. The molecule has 1 saturated heterocycles. The van der Waals surface area contributed by atoms with Gasteiger partial charge in [-0.2, -0.15) is 13.2 Å². The quantitative estimate of drug-likeness (QED) is 0.322. The normalized spacial score (nSPS) is 15.8. The predicted molar refractivity (Wildman–Crippen MR) is 113 cm³/mol. The van der Waals surface area contributed by atoms with Crippen LogP contribution in [0.1, 0.15) is 37.0 Å². The van der Waals surface area contributed by atoms with Crippen molar-refractivity contribution < 1.29 is 32.3 Å². The van der Waals surface area contributed by atoms with Crippen LogP contribution < -0.4 is 0 Å².